The second kappa shape index (κ2) is 8.14. The first-order valence-electron chi connectivity index (χ1n) is 10.6. The van der Waals surface area contributed by atoms with Gasteiger partial charge in [-0.2, -0.15) is 0 Å². The van der Waals surface area contributed by atoms with Crippen LogP contribution in [0.3, 0.4) is 0 Å². The number of hydrogen-bond acceptors (Lipinski definition) is 4. The molecule has 0 unspecified atom stereocenters. The van der Waals surface area contributed by atoms with Crippen molar-refractivity contribution in [1.82, 2.24) is 4.98 Å². The molecule has 1 aliphatic heterocycles. The first-order chi connectivity index (χ1) is 15.3. The first kappa shape index (κ1) is 23.3. The molecule has 0 bridgehead atoms. The minimum absolute atomic E-state index is 0.0329. The zero-order valence-corrected chi connectivity index (χ0v) is 18.4. The molecule has 2 heterocycles. The summed E-state index contributed by atoms with van der Waals surface area (Å²) < 4.78 is 70.1. The van der Waals surface area contributed by atoms with Gasteiger partial charge in [0, 0.05) is 43.1 Å². The molecule has 1 amide bonds. The number of carbonyl (C=O) groups is 1. The molecular weight excluding hydrogens is 445 g/mol. The smallest absolute Gasteiger partial charge is 0.406 e. The van der Waals surface area contributed by atoms with Gasteiger partial charge in [-0.25, -0.2) is 13.8 Å². The topological polar surface area (TPSA) is 54.5 Å². The third-order valence-electron chi connectivity index (χ3n) is 5.62. The van der Waals surface area contributed by atoms with Crippen molar-refractivity contribution in [3.05, 3.63) is 47.2 Å². The van der Waals surface area contributed by atoms with Gasteiger partial charge in [0.1, 0.15) is 11.6 Å². The third-order valence-corrected chi connectivity index (χ3v) is 5.62. The van der Waals surface area contributed by atoms with Gasteiger partial charge in [-0.05, 0) is 23.8 Å². The molecule has 1 aromatic heterocycles. The average Bonchev–Trinajstić information content (AvgIpc) is 3.41. The number of ether oxygens (including phenoxy) is 1. The summed E-state index contributed by atoms with van der Waals surface area (Å²) in [6, 6.07) is 4.23. The number of rotatable bonds is 5. The molecule has 2 aliphatic rings. The van der Waals surface area contributed by atoms with E-state index >= 15 is 0 Å². The fourth-order valence-corrected chi connectivity index (χ4v) is 4.14. The Bertz CT molecular complexity index is 1080. The van der Waals surface area contributed by atoms with Crippen molar-refractivity contribution in [2.45, 2.75) is 52.4 Å². The molecule has 33 heavy (non-hydrogen) atoms. The van der Waals surface area contributed by atoms with Gasteiger partial charge >= 0.3 is 6.36 Å². The van der Waals surface area contributed by atoms with Gasteiger partial charge in [-0.3, -0.25) is 4.79 Å². The monoisotopic (exact) mass is 469 g/mol. The number of anilines is 2. The number of amides is 1. The van der Waals surface area contributed by atoms with E-state index in [-0.39, 0.29) is 47.5 Å². The van der Waals surface area contributed by atoms with E-state index < -0.39 is 23.7 Å². The number of pyridine rings is 1. The number of carbonyl (C=O) groups excluding carboxylic acids is 1. The minimum Gasteiger partial charge on any atom is -0.406 e. The highest BCUT2D eigenvalue weighted by atomic mass is 19.4. The summed E-state index contributed by atoms with van der Waals surface area (Å²) in [4.78, 5) is 18.4. The second-order valence-corrected chi connectivity index (χ2v) is 9.79. The Morgan fingerprint density at radius 3 is 2.55 bits per heavy atom. The summed E-state index contributed by atoms with van der Waals surface area (Å²) in [6.07, 6.45) is -3.86. The van der Waals surface area contributed by atoms with Gasteiger partial charge in [0.15, 0.2) is 11.6 Å². The van der Waals surface area contributed by atoms with Crippen LogP contribution in [0.4, 0.5) is 33.5 Å². The molecule has 0 radical (unpaired) electrons. The number of hydrogen-bond donors (Lipinski definition) is 1. The van der Waals surface area contributed by atoms with Crippen LogP contribution >= 0.6 is 0 Å². The molecule has 1 aliphatic carbocycles. The summed E-state index contributed by atoms with van der Waals surface area (Å²) in [5, 5.41) is 2.55. The Kier molecular flexibility index (Phi) is 5.74. The summed E-state index contributed by atoms with van der Waals surface area (Å²) in [5.41, 5.74) is 1.02. The van der Waals surface area contributed by atoms with Crippen LogP contribution < -0.4 is 15.0 Å². The molecule has 4 rings (SSSR count). The minimum atomic E-state index is -4.91. The normalized spacial score (nSPS) is 19.6. The van der Waals surface area contributed by atoms with E-state index in [1.54, 1.807) is 4.90 Å². The highest BCUT2D eigenvalue weighted by Crippen LogP contribution is 2.54. The Labute approximate surface area is 187 Å². The predicted octanol–water partition coefficient (Wildman–Crippen LogP) is 5.76. The number of nitrogens with zero attached hydrogens (tertiary/aromatic N) is 2. The molecule has 2 atom stereocenters. The van der Waals surface area contributed by atoms with E-state index in [4.69, 9.17) is 0 Å². The lowest BCUT2D eigenvalue weighted by Gasteiger charge is -2.31. The molecule has 0 saturated heterocycles. The van der Waals surface area contributed by atoms with Crippen LogP contribution in [0.15, 0.2) is 24.3 Å². The lowest BCUT2D eigenvalue weighted by molar-refractivity contribution is -0.274. The van der Waals surface area contributed by atoms with Gasteiger partial charge in [-0.15, -0.1) is 13.2 Å². The van der Waals surface area contributed by atoms with Gasteiger partial charge < -0.3 is 15.0 Å². The van der Waals surface area contributed by atoms with E-state index in [2.05, 4.69) is 15.0 Å². The standard InChI is InChI=1S/C23H24F5N3O2/c1-22(2,3)9-19(32)29-21-17(25)8-18-20(30-21)15-6-13(15)11-31(18)10-12-4-5-14(7-16(12)24)33-23(26,27)28/h4-5,7-8,13,15H,6,9-11H2,1-3H3,(H,29,30,32)/t13-,15-/m0/s1. The van der Waals surface area contributed by atoms with Crippen LogP contribution in [0.25, 0.3) is 0 Å². The van der Waals surface area contributed by atoms with Crippen molar-refractivity contribution in [2.75, 3.05) is 16.8 Å². The van der Waals surface area contributed by atoms with Crippen LogP contribution in [-0.4, -0.2) is 23.8 Å². The lowest BCUT2D eigenvalue weighted by Crippen LogP contribution is -2.31. The van der Waals surface area contributed by atoms with Crippen molar-refractivity contribution in [3.8, 4) is 5.75 Å². The molecule has 5 nitrogen and oxygen atoms in total. The number of alkyl halides is 3. The molecule has 2 aromatic rings. The highest BCUT2D eigenvalue weighted by Gasteiger charge is 2.47. The van der Waals surface area contributed by atoms with Crippen LogP contribution in [0, 0.1) is 23.0 Å². The maximum Gasteiger partial charge on any atom is 0.573 e. The van der Waals surface area contributed by atoms with Gasteiger partial charge in [0.05, 0.1) is 11.4 Å². The average molecular weight is 469 g/mol. The molecule has 1 aromatic carbocycles. The van der Waals surface area contributed by atoms with Crippen molar-refractivity contribution >= 4 is 17.4 Å². The van der Waals surface area contributed by atoms with Crippen molar-refractivity contribution in [3.63, 3.8) is 0 Å². The molecule has 0 spiro atoms. The Hall–Kier alpha value is -2.91. The number of benzene rings is 1. The fraction of sp³-hybridized carbons (Fsp3) is 0.478. The summed E-state index contributed by atoms with van der Waals surface area (Å²) >= 11 is 0. The van der Waals surface area contributed by atoms with Crippen molar-refractivity contribution < 1.29 is 31.5 Å². The molecule has 10 heteroatoms. The lowest BCUT2D eigenvalue weighted by atomic mass is 9.92. The Morgan fingerprint density at radius 2 is 1.91 bits per heavy atom. The van der Waals surface area contributed by atoms with E-state index in [0.29, 0.717) is 24.0 Å². The van der Waals surface area contributed by atoms with Crippen molar-refractivity contribution in [2.24, 2.45) is 11.3 Å². The van der Waals surface area contributed by atoms with Gasteiger partial charge in [-0.1, -0.05) is 26.8 Å². The maximum absolute atomic E-state index is 14.8. The van der Waals surface area contributed by atoms with Crippen molar-refractivity contribution in [1.29, 1.82) is 0 Å². The number of halogens is 5. The maximum atomic E-state index is 14.8. The molecule has 178 valence electrons. The molecule has 1 N–H and O–H groups in total. The largest absolute Gasteiger partial charge is 0.573 e. The van der Waals surface area contributed by atoms with Crippen LogP contribution in [-0.2, 0) is 11.3 Å². The zero-order valence-electron chi connectivity index (χ0n) is 18.4. The Balaban J connectivity index is 1.55. The SMILES string of the molecule is CC(C)(C)CC(=O)Nc1nc2c(cc1F)N(Cc1ccc(OC(F)(F)F)cc1F)C[C@@H]1C[C@H]21. The van der Waals surface area contributed by atoms with Gasteiger partial charge in [0.2, 0.25) is 5.91 Å². The molecule has 1 saturated carbocycles. The van der Waals surface area contributed by atoms with E-state index in [0.717, 1.165) is 12.5 Å². The summed E-state index contributed by atoms with van der Waals surface area (Å²) in [5.74, 6) is -2.25. The van der Waals surface area contributed by atoms with Crippen LogP contribution in [0.5, 0.6) is 5.75 Å². The first-order valence-corrected chi connectivity index (χ1v) is 10.6. The van der Waals surface area contributed by atoms with E-state index in [1.807, 2.05) is 20.8 Å². The van der Waals surface area contributed by atoms with Crippen LogP contribution in [0.1, 0.15) is 50.8 Å². The summed E-state index contributed by atoms with van der Waals surface area (Å²) in [6.45, 7) is 6.28. The van der Waals surface area contributed by atoms with Gasteiger partial charge in [0.25, 0.3) is 0 Å². The quantitative estimate of drug-likeness (QED) is 0.566. The third kappa shape index (κ3) is 5.54. The van der Waals surface area contributed by atoms with E-state index in [1.165, 1.54) is 12.1 Å². The van der Waals surface area contributed by atoms with Crippen LogP contribution in [0.2, 0.25) is 0 Å². The molecular formula is C23H24F5N3O2. The second-order valence-electron chi connectivity index (χ2n) is 9.79. The number of aromatic nitrogens is 1. The van der Waals surface area contributed by atoms with E-state index in [9.17, 15) is 26.7 Å². The Morgan fingerprint density at radius 1 is 1.18 bits per heavy atom. The highest BCUT2D eigenvalue weighted by molar-refractivity contribution is 5.90. The number of fused-ring (bicyclic) bond motifs is 3. The number of nitrogens with one attached hydrogen (secondary N) is 1. The molecule has 1 fully saturated rings. The fourth-order valence-electron chi connectivity index (χ4n) is 4.14. The summed E-state index contributed by atoms with van der Waals surface area (Å²) in [7, 11) is 0. The predicted molar refractivity (Wildman–Crippen MR) is 112 cm³/mol. The zero-order chi connectivity index (χ0) is 24.1.